The van der Waals surface area contributed by atoms with Gasteiger partial charge in [0.1, 0.15) is 5.69 Å². The summed E-state index contributed by atoms with van der Waals surface area (Å²) in [6.45, 7) is 8.84. The summed E-state index contributed by atoms with van der Waals surface area (Å²) in [5, 5.41) is 3.04. The van der Waals surface area contributed by atoms with Crippen LogP contribution in [0.2, 0.25) is 0 Å². The van der Waals surface area contributed by atoms with Crippen LogP contribution in [0.4, 0.5) is 17.1 Å². The van der Waals surface area contributed by atoms with Crippen molar-refractivity contribution in [2.75, 3.05) is 68.2 Å². The van der Waals surface area contributed by atoms with Crippen molar-refractivity contribution in [1.82, 2.24) is 9.97 Å². The van der Waals surface area contributed by atoms with Crippen molar-refractivity contribution >= 4 is 34.0 Å². The van der Waals surface area contributed by atoms with Gasteiger partial charge in [-0.2, -0.15) is 0 Å². The summed E-state index contributed by atoms with van der Waals surface area (Å²) in [5.74, 6) is -0.218. The Balaban J connectivity index is 1.58. The molecule has 0 spiro atoms. The van der Waals surface area contributed by atoms with E-state index in [0.717, 1.165) is 37.4 Å². The van der Waals surface area contributed by atoms with Crippen LogP contribution < -0.4 is 20.7 Å². The minimum atomic E-state index is -0.244. The number of ether oxygens (including phenoxy) is 2. The molecule has 1 aliphatic heterocycles. The minimum absolute atomic E-state index is 0.218. The number of fused-ring (bicyclic) bond motifs is 1. The monoisotopic (exact) mass is 479 g/mol. The number of aryl methyl sites for hydroxylation is 1. The van der Waals surface area contributed by atoms with Crippen LogP contribution in [0.15, 0.2) is 41.2 Å². The molecule has 0 unspecified atom stereocenters. The third kappa shape index (κ3) is 5.98. The number of benzene rings is 2. The fourth-order valence-electron chi connectivity index (χ4n) is 4.14. The molecule has 3 aromatic rings. The zero-order valence-electron chi connectivity index (χ0n) is 20.6. The third-order valence-electron chi connectivity index (χ3n) is 6.13. The maximum absolute atomic E-state index is 13.2. The average molecular weight is 480 g/mol. The summed E-state index contributed by atoms with van der Waals surface area (Å²) in [6.07, 6.45) is 0.844. The summed E-state index contributed by atoms with van der Waals surface area (Å²) in [7, 11) is 1.97. The SMILES string of the molecule is CCOCCCN(C)c1cc2nc(C)c(=O)[nH]c2cc1NC(=O)c1ccc(N2CCOCC2)cc1. The molecule has 0 bridgehead atoms. The van der Waals surface area contributed by atoms with Crippen molar-refractivity contribution in [3.8, 4) is 0 Å². The van der Waals surface area contributed by atoms with E-state index >= 15 is 0 Å². The van der Waals surface area contributed by atoms with Crippen molar-refractivity contribution < 1.29 is 14.3 Å². The molecule has 1 aromatic heterocycles. The number of hydrogen-bond acceptors (Lipinski definition) is 7. The lowest BCUT2D eigenvalue weighted by atomic mass is 10.1. The Bertz CT molecular complexity index is 1220. The van der Waals surface area contributed by atoms with Crippen LogP contribution in [0.25, 0.3) is 11.0 Å². The Morgan fingerprint density at radius 1 is 1.23 bits per heavy atom. The summed E-state index contributed by atoms with van der Waals surface area (Å²) < 4.78 is 10.9. The zero-order valence-corrected chi connectivity index (χ0v) is 20.6. The highest BCUT2D eigenvalue weighted by Crippen LogP contribution is 2.30. The van der Waals surface area contributed by atoms with Gasteiger partial charge in [0, 0.05) is 51.1 Å². The van der Waals surface area contributed by atoms with E-state index in [1.165, 1.54) is 0 Å². The van der Waals surface area contributed by atoms with Gasteiger partial charge in [0.25, 0.3) is 11.5 Å². The van der Waals surface area contributed by atoms with Gasteiger partial charge in [0.2, 0.25) is 0 Å². The number of aromatic amines is 1. The molecule has 35 heavy (non-hydrogen) atoms. The maximum Gasteiger partial charge on any atom is 0.269 e. The number of H-pyrrole nitrogens is 1. The van der Waals surface area contributed by atoms with E-state index in [2.05, 4.69) is 25.1 Å². The third-order valence-corrected chi connectivity index (χ3v) is 6.13. The van der Waals surface area contributed by atoms with Gasteiger partial charge in [0.15, 0.2) is 0 Å². The lowest BCUT2D eigenvalue weighted by Crippen LogP contribution is -2.36. The smallest absolute Gasteiger partial charge is 0.269 e. The van der Waals surface area contributed by atoms with Crippen molar-refractivity contribution in [3.63, 3.8) is 0 Å². The number of hydrogen-bond donors (Lipinski definition) is 2. The molecule has 2 aromatic carbocycles. The van der Waals surface area contributed by atoms with Crippen molar-refractivity contribution in [3.05, 3.63) is 58.0 Å². The average Bonchev–Trinajstić information content (AvgIpc) is 2.87. The molecular weight excluding hydrogens is 446 g/mol. The second-order valence-corrected chi connectivity index (χ2v) is 8.61. The lowest BCUT2D eigenvalue weighted by Gasteiger charge is -2.28. The Morgan fingerprint density at radius 2 is 1.97 bits per heavy atom. The number of aromatic nitrogens is 2. The van der Waals surface area contributed by atoms with Gasteiger partial charge in [-0.1, -0.05) is 0 Å². The summed E-state index contributed by atoms with van der Waals surface area (Å²) in [6, 6.07) is 11.3. The number of morpholine rings is 1. The molecule has 1 saturated heterocycles. The number of nitrogens with one attached hydrogen (secondary N) is 2. The normalized spacial score (nSPS) is 13.7. The van der Waals surface area contributed by atoms with Gasteiger partial charge >= 0.3 is 0 Å². The first-order valence-corrected chi connectivity index (χ1v) is 12.0. The number of amides is 1. The zero-order chi connectivity index (χ0) is 24.8. The van der Waals surface area contributed by atoms with E-state index in [1.807, 2.05) is 44.3 Å². The predicted molar refractivity (Wildman–Crippen MR) is 139 cm³/mol. The number of anilines is 3. The highest BCUT2D eigenvalue weighted by atomic mass is 16.5. The molecular formula is C26H33N5O4. The van der Waals surface area contributed by atoms with E-state index in [-0.39, 0.29) is 11.5 Å². The van der Waals surface area contributed by atoms with E-state index in [1.54, 1.807) is 13.0 Å². The molecule has 0 radical (unpaired) electrons. The van der Waals surface area contributed by atoms with Crippen LogP contribution in [0.1, 0.15) is 29.4 Å². The van der Waals surface area contributed by atoms with Crippen molar-refractivity contribution in [2.24, 2.45) is 0 Å². The molecule has 9 heteroatoms. The first-order chi connectivity index (χ1) is 17.0. The first kappa shape index (κ1) is 24.7. The Labute approximate surface area is 205 Å². The first-order valence-electron chi connectivity index (χ1n) is 12.0. The molecule has 4 rings (SSSR count). The summed E-state index contributed by atoms with van der Waals surface area (Å²) in [4.78, 5) is 36.9. The maximum atomic E-state index is 13.2. The molecule has 1 fully saturated rings. The van der Waals surface area contributed by atoms with E-state index in [9.17, 15) is 9.59 Å². The van der Waals surface area contributed by atoms with E-state index < -0.39 is 0 Å². The molecule has 9 nitrogen and oxygen atoms in total. The van der Waals surface area contributed by atoms with Crippen molar-refractivity contribution in [2.45, 2.75) is 20.3 Å². The van der Waals surface area contributed by atoms with Crippen molar-refractivity contribution in [1.29, 1.82) is 0 Å². The van der Waals surface area contributed by atoms with Crippen LogP contribution >= 0.6 is 0 Å². The lowest BCUT2D eigenvalue weighted by molar-refractivity contribution is 0.102. The Kier molecular flexibility index (Phi) is 7.99. The summed E-state index contributed by atoms with van der Waals surface area (Å²) >= 11 is 0. The fraction of sp³-hybridized carbons (Fsp3) is 0.423. The van der Waals surface area contributed by atoms with E-state index in [4.69, 9.17) is 9.47 Å². The van der Waals surface area contributed by atoms with Crippen LogP contribution in [-0.4, -0.2) is 69.0 Å². The van der Waals surface area contributed by atoms with Gasteiger partial charge in [0.05, 0.1) is 35.6 Å². The second-order valence-electron chi connectivity index (χ2n) is 8.61. The Hall–Kier alpha value is -3.43. The molecule has 0 aliphatic carbocycles. The number of carbonyl (C=O) groups excluding carboxylic acids is 1. The quantitative estimate of drug-likeness (QED) is 0.455. The van der Waals surface area contributed by atoms with E-state index in [0.29, 0.717) is 54.4 Å². The minimum Gasteiger partial charge on any atom is -0.382 e. The topological polar surface area (TPSA) is 99.8 Å². The number of rotatable bonds is 9. The highest BCUT2D eigenvalue weighted by molar-refractivity contribution is 6.07. The predicted octanol–water partition coefficient (Wildman–Crippen LogP) is 3.18. The molecule has 1 aliphatic rings. The van der Waals surface area contributed by atoms with Gasteiger partial charge in [-0.3, -0.25) is 9.59 Å². The van der Waals surface area contributed by atoms with Gasteiger partial charge in [-0.05, 0) is 56.7 Å². The molecule has 0 saturated carbocycles. The second kappa shape index (κ2) is 11.3. The van der Waals surface area contributed by atoms with Gasteiger partial charge in [-0.15, -0.1) is 0 Å². The molecule has 186 valence electrons. The summed E-state index contributed by atoms with van der Waals surface area (Å²) in [5.41, 5.74) is 4.47. The largest absolute Gasteiger partial charge is 0.382 e. The van der Waals surface area contributed by atoms with Gasteiger partial charge in [-0.25, -0.2) is 4.98 Å². The Morgan fingerprint density at radius 3 is 2.69 bits per heavy atom. The standard InChI is InChI=1S/C26H33N5O4/c1-4-34-13-5-10-30(3)24-17-22-21(28-25(32)18(2)27-22)16-23(24)29-26(33)19-6-8-20(9-7-19)31-11-14-35-15-12-31/h6-9,16-17H,4-5,10-15H2,1-3H3,(H,28,32)(H,29,33). The molecule has 0 atom stereocenters. The van der Waals surface area contributed by atoms with Crippen LogP contribution in [-0.2, 0) is 9.47 Å². The van der Waals surface area contributed by atoms with Crippen LogP contribution in [0.5, 0.6) is 0 Å². The number of carbonyl (C=O) groups is 1. The fourth-order valence-corrected chi connectivity index (χ4v) is 4.14. The molecule has 2 heterocycles. The van der Waals surface area contributed by atoms with Crippen LogP contribution in [0.3, 0.4) is 0 Å². The van der Waals surface area contributed by atoms with Crippen LogP contribution in [0, 0.1) is 6.92 Å². The molecule has 1 amide bonds. The molecule has 2 N–H and O–H groups in total. The number of nitrogens with zero attached hydrogens (tertiary/aromatic N) is 3. The van der Waals surface area contributed by atoms with Gasteiger partial charge < -0.3 is 29.6 Å². The highest BCUT2D eigenvalue weighted by Gasteiger charge is 2.16.